The number of hydrogen-bond acceptors (Lipinski definition) is 2. The van der Waals surface area contributed by atoms with E-state index in [0.717, 1.165) is 29.7 Å². The van der Waals surface area contributed by atoms with Crippen molar-refractivity contribution < 1.29 is 4.79 Å². The van der Waals surface area contributed by atoms with Crippen LogP contribution < -0.4 is 16.0 Å². The van der Waals surface area contributed by atoms with Gasteiger partial charge in [-0.25, -0.2) is 0 Å². The zero-order chi connectivity index (χ0) is 18.3. The van der Waals surface area contributed by atoms with Crippen molar-refractivity contribution >= 4 is 63.7 Å². The number of aryl methyl sites for hydroxylation is 2. The first-order valence-corrected chi connectivity index (χ1v) is 9.18. The van der Waals surface area contributed by atoms with Crippen molar-refractivity contribution in [2.24, 2.45) is 0 Å². The second-order valence-corrected chi connectivity index (χ2v) is 8.34. The molecule has 134 valence electrons. The molecule has 1 amide bonds. The number of unbranched alkanes of at least 4 members (excludes halogenated alkanes) is 1. The van der Waals surface area contributed by atoms with Gasteiger partial charge in [-0.1, -0.05) is 65.8 Å². The van der Waals surface area contributed by atoms with E-state index in [1.807, 2.05) is 39.0 Å². The molecule has 0 radical (unpaired) electrons. The first-order chi connectivity index (χ1) is 11.1. The molecule has 0 saturated heterocycles. The largest absolute Gasteiger partial charge is 0.339 e. The SMILES string of the molecule is CCCCC(=O)N[C@H](NC(=S)Nc1ccc(C)cc1C)C(Cl)(Cl)Cl. The standard InChI is InChI=1S/C16H22Cl3N3OS/c1-4-5-6-13(23)21-14(16(17,18)19)22-15(24)20-12-8-7-10(2)9-11(12)3/h7-9,14H,4-6H2,1-3H3,(H,21,23)(H2,20,22,24)/t14-/m1/s1. The van der Waals surface area contributed by atoms with Crippen molar-refractivity contribution in [1.82, 2.24) is 10.6 Å². The van der Waals surface area contributed by atoms with Crippen LogP contribution in [0.4, 0.5) is 5.69 Å². The molecule has 1 rings (SSSR count). The molecule has 0 aromatic heterocycles. The summed E-state index contributed by atoms with van der Waals surface area (Å²) < 4.78 is -1.74. The molecule has 1 aromatic carbocycles. The number of anilines is 1. The summed E-state index contributed by atoms with van der Waals surface area (Å²) in [4.78, 5) is 11.9. The minimum Gasteiger partial charge on any atom is -0.339 e. The average Bonchev–Trinajstić information content (AvgIpc) is 2.46. The van der Waals surface area contributed by atoms with E-state index < -0.39 is 9.96 Å². The summed E-state index contributed by atoms with van der Waals surface area (Å²) in [6.45, 7) is 5.98. The number of amides is 1. The second kappa shape index (κ2) is 9.66. The first kappa shape index (κ1) is 21.3. The zero-order valence-electron chi connectivity index (χ0n) is 13.9. The Balaban J connectivity index is 2.72. The molecule has 8 heteroatoms. The van der Waals surface area contributed by atoms with Gasteiger partial charge in [0.15, 0.2) is 5.11 Å². The number of hydrogen-bond donors (Lipinski definition) is 3. The number of rotatable bonds is 6. The molecule has 3 N–H and O–H groups in total. The van der Waals surface area contributed by atoms with Gasteiger partial charge in [0.1, 0.15) is 6.17 Å². The summed E-state index contributed by atoms with van der Waals surface area (Å²) in [5.41, 5.74) is 3.04. The fraction of sp³-hybridized carbons (Fsp3) is 0.500. The fourth-order valence-corrected chi connectivity index (χ4v) is 2.57. The minimum atomic E-state index is -1.74. The highest BCUT2D eigenvalue weighted by Gasteiger charge is 2.34. The van der Waals surface area contributed by atoms with Crippen LogP contribution in [0, 0.1) is 13.8 Å². The van der Waals surface area contributed by atoms with Gasteiger partial charge in [0.05, 0.1) is 0 Å². The van der Waals surface area contributed by atoms with Gasteiger partial charge >= 0.3 is 0 Å². The summed E-state index contributed by atoms with van der Waals surface area (Å²) in [6, 6.07) is 5.92. The van der Waals surface area contributed by atoms with Crippen LogP contribution >= 0.6 is 47.0 Å². The van der Waals surface area contributed by atoms with E-state index in [-0.39, 0.29) is 11.0 Å². The van der Waals surface area contributed by atoms with E-state index in [0.29, 0.717) is 6.42 Å². The van der Waals surface area contributed by atoms with E-state index in [2.05, 4.69) is 16.0 Å². The number of halogens is 3. The Hall–Kier alpha value is -0.750. The number of nitrogens with one attached hydrogen (secondary N) is 3. The van der Waals surface area contributed by atoms with Crippen LogP contribution in [-0.4, -0.2) is 21.0 Å². The number of carbonyl (C=O) groups excluding carboxylic acids is 1. The molecule has 0 aliphatic rings. The van der Waals surface area contributed by atoms with Gasteiger partial charge in [-0.3, -0.25) is 4.79 Å². The van der Waals surface area contributed by atoms with Crippen LogP contribution in [0.5, 0.6) is 0 Å². The molecule has 24 heavy (non-hydrogen) atoms. The molecule has 4 nitrogen and oxygen atoms in total. The lowest BCUT2D eigenvalue weighted by molar-refractivity contribution is -0.122. The van der Waals surface area contributed by atoms with Gasteiger partial charge in [0.25, 0.3) is 0 Å². The molecule has 0 aliphatic heterocycles. The highest BCUT2D eigenvalue weighted by Crippen LogP contribution is 2.29. The molecule has 0 spiro atoms. The summed E-state index contributed by atoms with van der Waals surface area (Å²) in [7, 11) is 0. The third-order valence-electron chi connectivity index (χ3n) is 3.30. The maximum atomic E-state index is 11.9. The summed E-state index contributed by atoms with van der Waals surface area (Å²) >= 11 is 23.1. The topological polar surface area (TPSA) is 53.2 Å². The van der Waals surface area contributed by atoms with Gasteiger partial charge in [-0.2, -0.15) is 0 Å². The number of carbonyl (C=O) groups is 1. The van der Waals surface area contributed by atoms with Crippen LogP contribution in [0.15, 0.2) is 18.2 Å². The predicted molar refractivity (Wildman–Crippen MR) is 107 cm³/mol. The molecule has 0 saturated carbocycles. The van der Waals surface area contributed by atoms with E-state index in [1.165, 1.54) is 0 Å². The molecular weight excluding hydrogens is 389 g/mol. The van der Waals surface area contributed by atoms with Gasteiger partial charge < -0.3 is 16.0 Å². The number of benzene rings is 1. The zero-order valence-corrected chi connectivity index (χ0v) is 17.0. The Kier molecular flexibility index (Phi) is 8.57. The summed E-state index contributed by atoms with van der Waals surface area (Å²) in [5.74, 6) is -0.199. The van der Waals surface area contributed by atoms with Gasteiger partial charge in [-0.15, -0.1) is 0 Å². The van der Waals surface area contributed by atoms with E-state index in [9.17, 15) is 4.79 Å². The molecular formula is C16H22Cl3N3OS. The van der Waals surface area contributed by atoms with Crippen LogP contribution in [0.1, 0.15) is 37.3 Å². The quantitative estimate of drug-likeness (QED) is 0.365. The second-order valence-electron chi connectivity index (χ2n) is 5.56. The number of thiocarbonyl (C=S) groups is 1. The predicted octanol–water partition coefficient (Wildman–Crippen LogP) is 4.59. The number of alkyl halides is 3. The normalized spacial score (nSPS) is 12.4. The highest BCUT2D eigenvalue weighted by atomic mass is 35.6. The average molecular weight is 411 g/mol. The Morgan fingerprint density at radius 3 is 2.46 bits per heavy atom. The molecule has 0 bridgehead atoms. The smallest absolute Gasteiger partial charge is 0.228 e. The van der Waals surface area contributed by atoms with E-state index in [1.54, 1.807) is 0 Å². The summed E-state index contributed by atoms with van der Waals surface area (Å²) in [5, 5.41) is 8.81. The van der Waals surface area contributed by atoms with Crippen LogP contribution in [0.3, 0.4) is 0 Å². The van der Waals surface area contributed by atoms with E-state index in [4.69, 9.17) is 47.0 Å². The fourth-order valence-electron chi connectivity index (χ4n) is 2.01. The lowest BCUT2D eigenvalue weighted by atomic mass is 10.1. The van der Waals surface area contributed by atoms with Crippen LogP contribution in [0.25, 0.3) is 0 Å². The van der Waals surface area contributed by atoms with Crippen molar-refractivity contribution in [3.8, 4) is 0 Å². The van der Waals surface area contributed by atoms with Crippen LogP contribution in [-0.2, 0) is 4.79 Å². The van der Waals surface area contributed by atoms with Crippen molar-refractivity contribution in [3.63, 3.8) is 0 Å². The molecule has 0 aliphatic carbocycles. The molecule has 1 aromatic rings. The highest BCUT2D eigenvalue weighted by molar-refractivity contribution is 7.80. The molecule has 0 heterocycles. The Labute approximate surface area is 163 Å². The maximum Gasteiger partial charge on any atom is 0.228 e. The third-order valence-corrected chi connectivity index (χ3v) is 4.17. The minimum absolute atomic E-state index is 0.199. The molecule has 0 fully saturated rings. The van der Waals surface area contributed by atoms with Crippen molar-refractivity contribution in [3.05, 3.63) is 29.3 Å². The van der Waals surface area contributed by atoms with Crippen molar-refractivity contribution in [2.75, 3.05) is 5.32 Å². The lowest BCUT2D eigenvalue weighted by Gasteiger charge is -2.28. The molecule has 0 unspecified atom stereocenters. The van der Waals surface area contributed by atoms with E-state index >= 15 is 0 Å². The monoisotopic (exact) mass is 409 g/mol. The third kappa shape index (κ3) is 7.43. The Morgan fingerprint density at radius 1 is 1.25 bits per heavy atom. The molecule has 1 atom stereocenters. The maximum absolute atomic E-state index is 11.9. The first-order valence-electron chi connectivity index (χ1n) is 7.64. The van der Waals surface area contributed by atoms with Crippen LogP contribution in [0.2, 0.25) is 0 Å². The van der Waals surface area contributed by atoms with Crippen molar-refractivity contribution in [1.29, 1.82) is 0 Å². The Bertz CT molecular complexity index is 590. The van der Waals surface area contributed by atoms with Gasteiger partial charge in [0.2, 0.25) is 9.70 Å². The van der Waals surface area contributed by atoms with Gasteiger partial charge in [-0.05, 0) is 44.1 Å². The van der Waals surface area contributed by atoms with Crippen molar-refractivity contribution in [2.45, 2.75) is 50.0 Å². The Morgan fingerprint density at radius 2 is 1.92 bits per heavy atom. The summed E-state index contributed by atoms with van der Waals surface area (Å²) in [6.07, 6.45) is 1.11. The lowest BCUT2D eigenvalue weighted by Crippen LogP contribution is -2.56. The van der Waals surface area contributed by atoms with Gasteiger partial charge in [0, 0.05) is 12.1 Å².